The molecule has 0 radical (unpaired) electrons. The maximum Gasteiger partial charge on any atom is 0.340 e. The molecule has 0 aliphatic carbocycles. The van der Waals surface area contributed by atoms with E-state index in [1.165, 1.54) is 0 Å². The van der Waals surface area contributed by atoms with Gasteiger partial charge in [-0.25, -0.2) is 4.79 Å². The van der Waals surface area contributed by atoms with Crippen molar-refractivity contribution >= 4 is 5.97 Å². The first kappa shape index (κ1) is 12.9. The Bertz CT molecular complexity index is 580. The first-order chi connectivity index (χ1) is 9.75. The minimum Gasteiger partial charge on any atom is -0.453 e. The largest absolute Gasteiger partial charge is 0.453 e. The Labute approximate surface area is 118 Å². The van der Waals surface area contributed by atoms with Crippen molar-refractivity contribution in [1.29, 1.82) is 0 Å². The van der Waals surface area contributed by atoms with E-state index in [9.17, 15) is 4.79 Å². The van der Waals surface area contributed by atoms with Gasteiger partial charge in [0, 0.05) is 0 Å². The summed E-state index contributed by atoms with van der Waals surface area (Å²) in [4.78, 5) is 12.2. The Morgan fingerprint density at radius 1 is 0.850 bits per heavy atom. The predicted octanol–water partition coefficient (Wildman–Crippen LogP) is 3.43. The molecule has 1 fully saturated rings. The summed E-state index contributed by atoms with van der Waals surface area (Å²) in [5.74, 6) is -0.330. The molecule has 3 unspecified atom stereocenters. The predicted molar refractivity (Wildman–Crippen MR) is 75.0 cm³/mol. The van der Waals surface area contributed by atoms with Crippen LogP contribution in [0, 0.1) is 0 Å². The number of benzene rings is 2. The number of rotatable bonds is 2. The molecule has 1 heterocycles. The number of ether oxygens (including phenoxy) is 2. The van der Waals surface area contributed by atoms with E-state index in [-0.39, 0.29) is 18.2 Å². The lowest BCUT2D eigenvalue weighted by Gasteiger charge is -2.34. The van der Waals surface area contributed by atoms with Gasteiger partial charge in [-0.15, -0.1) is 0 Å². The second-order valence-electron chi connectivity index (χ2n) is 4.90. The Kier molecular flexibility index (Phi) is 3.52. The van der Waals surface area contributed by atoms with Gasteiger partial charge in [0.1, 0.15) is 0 Å². The summed E-state index contributed by atoms with van der Waals surface area (Å²) in [5, 5.41) is 0. The second-order valence-corrected chi connectivity index (χ2v) is 4.90. The van der Waals surface area contributed by atoms with Gasteiger partial charge in [-0.1, -0.05) is 60.7 Å². The number of hydrogen-bond donors (Lipinski definition) is 0. The minimum atomic E-state index is -0.633. The van der Waals surface area contributed by atoms with Gasteiger partial charge < -0.3 is 9.47 Å². The van der Waals surface area contributed by atoms with E-state index in [1.807, 2.05) is 67.6 Å². The Morgan fingerprint density at radius 3 is 2.00 bits per heavy atom. The van der Waals surface area contributed by atoms with Crippen molar-refractivity contribution < 1.29 is 14.3 Å². The molecule has 20 heavy (non-hydrogen) atoms. The van der Waals surface area contributed by atoms with Gasteiger partial charge in [-0.3, -0.25) is 0 Å². The number of hydrogen-bond acceptors (Lipinski definition) is 3. The molecule has 0 N–H and O–H groups in total. The summed E-state index contributed by atoms with van der Waals surface area (Å²) in [6, 6.07) is 19.1. The standard InChI is InChI=1S/C17H16O3/c1-12-15(13-8-4-2-5-9-13)20-17(18)16(19-12)14-10-6-3-7-11-14/h2-12,15-16H,1H3. The second kappa shape index (κ2) is 5.47. The molecule has 102 valence electrons. The maximum absolute atomic E-state index is 12.2. The highest BCUT2D eigenvalue weighted by atomic mass is 16.6. The third kappa shape index (κ3) is 2.45. The van der Waals surface area contributed by atoms with Crippen LogP contribution in [-0.4, -0.2) is 12.1 Å². The van der Waals surface area contributed by atoms with Crippen molar-refractivity contribution in [1.82, 2.24) is 0 Å². The molecule has 0 bridgehead atoms. The van der Waals surface area contributed by atoms with E-state index in [0.29, 0.717) is 0 Å². The van der Waals surface area contributed by atoms with Gasteiger partial charge in [0.05, 0.1) is 6.10 Å². The van der Waals surface area contributed by atoms with Crippen molar-refractivity contribution in [3.63, 3.8) is 0 Å². The van der Waals surface area contributed by atoms with Crippen LogP contribution < -0.4 is 0 Å². The van der Waals surface area contributed by atoms with E-state index in [2.05, 4.69) is 0 Å². The average molecular weight is 268 g/mol. The van der Waals surface area contributed by atoms with Crippen molar-refractivity contribution in [3.05, 3.63) is 71.8 Å². The lowest BCUT2D eigenvalue weighted by molar-refractivity contribution is -0.200. The maximum atomic E-state index is 12.2. The Hall–Kier alpha value is -2.13. The zero-order valence-corrected chi connectivity index (χ0v) is 11.2. The quantitative estimate of drug-likeness (QED) is 0.783. The monoisotopic (exact) mass is 268 g/mol. The molecule has 1 saturated heterocycles. The molecular weight excluding hydrogens is 252 g/mol. The lowest BCUT2D eigenvalue weighted by atomic mass is 10.0. The van der Waals surface area contributed by atoms with E-state index < -0.39 is 6.10 Å². The van der Waals surface area contributed by atoms with Gasteiger partial charge in [0.2, 0.25) is 0 Å². The topological polar surface area (TPSA) is 35.5 Å². The summed E-state index contributed by atoms with van der Waals surface area (Å²) < 4.78 is 11.5. The molecule has 1 aliphatic rings. The molecule has 1 aliphatic heterocycles. The van der Waals surface area contributed by atoms with E-state index in [1.54, 1.807) is 0 Å². The number of cyclic esters (lactones) is 1. The highest BCUT2D eigenvalue weighted by Crippen LogP contribution is 2.35. The van der Waals surface area contributed by atoms with E-state index in [4.69, 9.17) is 9.47 Å². The average Bonchev–Trinajstić information content (AvgIpc) is 2.51. The van der Waals surface area contributed by atoms with Crippen LogP contribution >= 0.6 is 0 Å². The van der Waals surface area contributed by atoms with Gasteiger partial charge in [-0.05, 0) is 18.1 Å². The van der Waals surface area contributed by atoms with Crippen LogP contribution in [0.4, 0.5) is 0 Å². The molecule has 3 rings (SSSR count). The van der Waals surface area contributed by atoms with Crippen molar-refractivity contribution in [2.45, 2.75) is 25.2 Å². The minimum absolute atomic E-state index is 0.180. The summed E-state index contributed by atoms with van der Waals surface area (Å²) in [6.07, 6.45) is -1.16. The number of esters is 1. The van der Waals surface area contributed by atoms with Gasteiger partial charge in [0.25, 0.3) is 0 Å². The fraction of sp³-hybridized carbons (Fsp3) is 0.235. The lowest BCUT2D eigenvalue weighted by Crippen LogP contribution is -2.36. The van der Waals surface area contributed by atoms with Crippen molar-refractivity contribution in [3.8, 4) is 0 Å². The third-order valence-corrected chi connectivity index (χ3v) is 3.46. The summed E-state index contributed by atoms with van der Waals surface area (Å²) in [5.41, 5.74) is 1.79. The van der Waals surface area contributed by atoms with E-state index >= 15 is 0 Å². The molecule has 2 aromatic rings. The molecular formula is C17H16O3. The summed E-state index contributed by atoms with van der Waals surface area (Å²) >= 11 is 0. The van der Waals surface area contributed by atoms with Crippen LogP contribution in [0.2, 0.25) is 0 Å². The summed E-state index contributed by atoms with van der Waals surface area (Å²) in [6.45, 7) is 1.93. The molecule has 0 spiro atoms. The van der Waals surface area contributed by atoms with Gasteiger partial charge >= 0.3 is 5.97 Å². The first-order valence-electron chi connectivity index (χ1n) is 6.71. The fourth-order valence-corrected chi connectivity index (χ4v) is 2.45. The van der Waals surface area contributed by atoms with Gasteiger partial charge in [-0.2, -0.15) is 0 Å². The van der Waals surface area contributed by atoms with Crippen LogP contribution in [0.1, 0.15) is 30.3 Å². The normalized spacial score (nSPS) is 26.1. The fourth-order valence-electron chi connectivity index (χ4n) is 2.45. The molecule has 3 heteroatoms. The van der Waals surface area contributed by atoms with Crippen LogP contribution in [0.5, 0.6) is 0 Å². The van der Waals surface area contributed by atoms with Crippen LogP contribution in [0.25, 0.3) is 0 Å². The Morgan fingerprint density at radius 2 is 1.40 bits per heavy atom. The van der Waals surface area contributed by atoms with Crippen LogP contribution in [0.3, 0.4) is 0 Å². The smallest absolute Gasteiger partial charge is 0.340 e. The molecule has 3 nitrogen and oxygen atoms in total. The summed E-state index contributed by atoms with van der Waals surface area (Å²) in [7, 11) is 0. The highest BCUT2D eigenvalue weighted by Gasteiger charge is 2.37. The molecule has 0 saturated carbocycles. The molecule has 3 atom stereocenters. The van der Waals surface area contributed by atoms with Crippen LogP contribution in [0.15, 0.2) is 60.7 Å². The zero-order chi connectivity index (χ0) is 13.9. The van der Waals surface area contributed by atoms with Gasteiger partial charge in [0.15, 0.2) is 12.2 Å². The molecule has 0 aromatic heterocycles. The number of carbonyl (C=O) groups is 1. The number of carbonyl (C=O) groups excluding carboxylic acids is 1. The highest BCUT2D eigenvalue weighted by molar-refractivity contribution is 5.77. The first-order valence-corrected chi connectivity index (χ1v) is 6.71. The zero-order valence-electron chi connectivity index (χ0n) is 11.2. The molecule has 2 aromatic carbocycles. The van der Waals surface area contributed by atoms with E-state index in [0.717, 1.165) is 11.1 Å². The SMILES string of the molecule is CC1OC(c2ccccc2)C(=O)OC1c1ccccc1. The van der Waals surface area contributed by atoms with Crippen LogP contribution in [-0.2, 0) is 14.3 Å². The molecule has 0 amide bonds. The third-order valence-electron chi connectivity index (χ3n) is 3.46. The Balaban J connectivity index is 1.82. The van der Waals surface area contributed by atoms with Crippen molar-refractivity contribution in [2.24, 2.45) is 0 Å². The van der Waals surface area contributed by atoms with Crippen molar-refractivity contribution in [2.75, 3.05) is 0 Å².